The molecule has 1 amide bonds. The highest BCUT2D eigenvalue weighted by Gasteiger charge is 2.47. The van der Waals surface area contributed by atoms with Gasteiger partial charge in [0.1, 0.15) is 5.82 Å². The summed E-state index contributed by atoms with van der Waals surface area (Å²) in [5.74, 6) is 2.51. The first kappa shape index (κ1) is 17.9. The number of carbonyl (C=O) groups excluding carboxylic acids is 1. The summed E-state index contributed by atoms with van der Waals surface area (Å²) in [6.45, 7) is 4.91. The number of amides is 1. The van der Waals surface area contributed by atoms with E-state index in [-0.39, 0.29) is 5.82 Å². The Morgan fingerprint density at radius 3 is 2.46 bits per heavy atom. The van der Waals surface area contributed by atoms with E-state index in [0.29, 0.717) is 30.1 Å². The number of hydrogen-bond donors (Lipinski definition) is 0. The van der Waals surface area contributed by atoms with E-state index >= 15 is 0 Å². The molecule has 3 aliphatic rings. The lowest BCUT2D eigenvalue weighted by atomic mass is 9.64. The lowest BCUT2D eigenvalue weighted by molar-refractivity contribution is -0.127. The molecule has 3 nitrogen and oxygen atoms in total. The van der Waals surface area contributed by atoms with E-state index in [1.165, 1.54) is 17.5 Å². The number of halogens is 1. The molecule has 0 radical (unpaired) electrons. The van der Waals surface area contributed by atoms with E-state index in [4.69, 9.17) is 0 Å². The van der Waals surface area contributed by atoms with Crippen LogP contribution in [0.4, 0.5) is 4.39 Å². The molecule has 3 fully saturated rings. The van der Waals surface area contributed by atoms with Crippen LogP contribution in [0.25, 0.3) is 0 Å². The zero-order chi connectivity index (χ0) is 19.1. The second-order valence-electron chi connectivity index (χ2n) is 8.73. The monoisotopic (exact) mass is 378 g/mol. The van der Waals surface area contributed by atoms with Gasteiger partial charge in [0.2, 0.25) is 5.91 Å². The molecule has 146 valence electrons. The first-order valence-corrected chi connectivity index (χ1v) is 10.5. The Balaban J connectivity index is 1.14. The third-order valence-electron chi connectivity index (χ3n) is 7.11. The Bertz CT molecular complexity index is 837. The Morgan fingerprint density at radius 1 is 0.893 bits per heavy atom. The van der Waals surface area contributed by atoms with Gasteiger partial charge in [-0.1, -0.05) is 42.5 Å². The summed E-state index contributed by atoms with van der Waals surface area (Å²) < 4.78 is 13.2. The van der Waals surface area contributed by atoms with Crippen LogP contribution in [-0.4, -0.2) is 48.4 Å². The second-order valence-corrected chi connectivity index (χ2v) is 8.73. The highest BCUT2D eigenvalue weighted by Crippen LogP contribution is 2.51. The molecule has 4 heteroatoms. The summed E-state index contributed by atoms with van der Waals surface area (Å²) in [4.78, 5) is 17.0. The number of rotatable bonds is 5. The zero-order valence-electron chi connectivity index (χ0n) is 16.1. The van der Waals surface area contributed by atoms with Crippen LogP contribution in [0.5, 0.6) is 0 Å². The summed E-state index contributed by atoms with van der Waals surface area (Å²) in [5, 5.41) is 0. The molecule has 2 aliphatic heterocycles. The van der Waals surface area contributed by atoms with E-state index in [1.807, 2.05) is 18.2 Å². The topological polar surface area (TPSA) is 23.6 Å². The Kier molecular flexibility index (Phi) is 4.67. The molecule has 4 unspecified atom stereocenters. The molecule has 0 spiro atoms. The standard InChI is InChI=1S/C24H27FN2O/c25-21-8-6-18(7-9-21)22-12-20-14-26(16-23(20)22)10-11-27-15-19(13-24(27)28)17-4-2-1-3-5-17/h1-9,19-20,22-23H,10-16H2. The minimum absolute atomic E-state index is 0.156. The first-order chi connectivity index (χ1) is 13.7. The lowest BCUT2D eigenvalue weighted by Gasteiger charge is -2.40. The largest absolute Gasteiger partial charge is 0.341 e. The van der Waals surface area contributed by atoms with Crippen LogP contribution in [0.2, 0.25) is 0 Å². The quantitative estimate of drug-likeness (QED) is 0.788. The van der Waals surface area contributed by atoms with Crippen molar-refractivity contribution in [1.29, 1.82) is 0 Å². The van der Waals surface area contributed by atoms with Gasteiger partial charge in [0.05, 0.1) is 0 Å². The number of benzene rings is 2. The first-order valence-electron chi connectivity index (χ1n) is 10.5. The average molecular weight is 378 g/mol. The van der Waals surface area contributed by atoms with Crippen LogP contribution in [0.3, 0.4) is 0 Å². The van der Waals surface area contributed by atoms with Crippen molar-refractivity contribution in [2.75, 3.05) is 32.7 Å². The van der Waals surface area contributed by atoms with Crippen molar-refractivity contribution < 1.29 is 9.18 Å². The molecule has 4 atom stereocenters. The van der Waals surface area contributed by atoms with Gasteiger partial charge in [0.25, 0.3) is 0 Å². The van der Waals surface area contributed by atoms with Gasteiger partial charge >= 0.3 is 0 Å². The van der Waals surface area contributed by atoms with Gasteiger partial charge < -0.3 is 9.80 Å². The SMILES string of the molecule is O=C1CC(c2ccccc2)CN1CCN1CC2CC(c3ccc(F)cc3)C2C1. The summed E-state index contributed by atoms with van der Waals surface area (Å²) in [6.07, 6.45) is 1.85. The van der Waals surface area contributed by atoms with Crippen molar-refractivity contribution in [2.24, 2.45) is 11.8 Å². The number of carbonyl (C=O) groups is 1. The van der Waals surface area contributed by atoms with Gasteiger partial charge in [-0.2, -0.15) is 0 Å². The van der Waals surface area contributed by atoms with E-state index in [1.54, 1.807) is 12.1 Å². The minimum Gasteiger partial charge on any atom is -0.341 e. The van der Waals surface area contributed by atoms with Gasteiger partial charge in [0, 0.05) is 45.1 Å². The molecule has 0 N–H and O–H groups in total. The molecule has 2 heterocycles. The summed E-state index contributed by atoms with van der Waals surface area (Å²) in [5.41, 5.74) is 2.56. The van der Waals surface area contributed by atoms with Gasteiger partial charge in [-0.15, -0.1) is 0 Å². The zero-order valence-corrected chi connectivity index (χ0v) is 16.1. The van der Waals surface area contributed by atoms with Crippen LogP contribution in [0, 0.1) is 17.7 Å². The van der Waals surface area contributed by atoms with Crippen LogP contribution >= 0.6 is 0 Å². The third-order valence-corrected chi connectivity index (χ3v) is 7.11. The van der Waals surface area contributed by atoms with Crippen molar-refractivity contribution >= 4 is 5.91 Å². The fraction of sp³-hybridized carbons (Fsp3) is 0.458. The van der Waals surface area contributed by atoms with E-state index in [9.17, 15) is 9.18 Å². The van der Waals surface area contributed by atoms with Crippen molar-refractivity contribution in [3.05, 3.63) is 71.5 Å². The number of hydrogen-bond acceptors (Lipinski definition) is 2. The maximum Gasteiger partial charge on any atom is 0.223 e. The van der Waals surface area contributed by atoms with Crippen LogP contribution in [0.15, 0.2) is 54.6 Å². The molecular formula is C24H27FN2O. The maximum atomic E-state index is 13.2. The van der Waals surface area contributed by atoms with Crippen molar-refractivity contribution in [3.8, 4) is 0 Å². The average Bonchev–Trinajstić information content (AvgIpc) is 3.23. The van der Waals surface area contributed by atoms with Gasteiger partial charge in [-0.25, -0.2) is 4.39 Å². The van der Waals surface area contributed by atoms with Crippen molar-refractivity contribution in [3.63, 3.8) is 0 Å². The van der Waals surface area contributed by atoms with Crippen LogP contribution in [-0.2, 0) is 4.79 Å². The fourth-order valence-electron chi connectivity index (χ4n) is 5.47. The van der Waals surface area contributed by atoms with E-state index < -0.39 is 0 Å². The number of nitrogens with zero attached hydrogens (tertiary/aromatic N) is 2. The van der Waals surface area contributed by atoms with Crippen LogP contribution < -0.4 is 0 Å². The van der Waals surface area contributed by atoms with Crippen LogP contribution in [0.1, 0.15) is 35.8 Å². The molecule has 1 saturated carbocycles. The van der Waals surface area contributed by atoms with E-state index in [2.05, 4.69) is 34.1 Å². The predicted molar refractivity (Wildman–Crippen MR) is 108 cm³/mol. The summed E-state index contributed by atoms with van der Waals surface area (Å²) >= 11 is 0. The summed E-state index contributed by atoms with van der Waals surface area (Å²) in [7, 11) is 0. The Morgan fingerprint density at radius 2 is 1.68 bits per heavy atom. The Hall–Kier alpha value is -2.20. The molecule has 28 heavy (non-hydrogen) atoms. The molecule has 2 saturated heterocycles. The molecule has 5 rings (SSSR count). The van der Waals surface area contributed by atoms with Crippen molar-refractivity contribution in [1.82, 2.24) is 9.80 Å². The number of likely N-dealkylation sites (tertiary alicyclic amines) is 2. The molecule has 1 aliphatic carbocycles. The molecular weight excluding hydrogens is 351 g/mol. The number of fused-ring (bicyclic) bond motifs is 1. The highest BCUT2D eigenvalue weighted by molar-refractivity contribution is 5.79. The van der Waals surface area contributed by atoms with Crippen molar-refractivity contribution in [2.45, 2.75) is 24.7 Å². The van der Waals surface area contributed by atoms with Gasteiger partial charge in [-0.3, -0.25) is 4.79 Å². The van der Waals surface area contributed by atoms with Gasteiger partial charge in [0.15, 0.2) is 0 Å². The predicted octanol–water partition coefficient (Wildman–Crippen LogP) is 3.88. The smallest absolute Gasteiger partial charge is 0.223 e. The summed E-state index contributed by atoms with van der Waals surface area (Å²) in [6, 6.07) is 17.5. The third kappa shape index (κ3) is 3.35. The normalized spacial score (nSPS) is 29.8. The minimum atomic E-state index is -0.156. The molecule has 0 aromatic heterocycles. The van der Waals surface area contributed by atoms with E-state index in [0.717, 1.165) is 38.6 Å². The molecule has 0 bridgehead atoms. The maximum absolute atomic E-state index is 13.2. The highest BCUT2D eigenvalue weighted by atomic mass is 19.1. The molecule has 2 aromatic carbocycles. The lowest BCUT2D eigenvalue weighted by Crippen LogP contribution is -2.35. The second kappa shape index (κ2) is 7.32. The Labute approximate surface area is 166 Å². The molecule has 2 aromatic rings. The van der Waals surface area contributed by atoms with Gasteiger partial charge in [-0.05, 0) is 47.4 Å². The fourth-order valence-corrected chi connectivity index (χ4v) is 5.47.